The lowest BCUT2D eigenvalue weighted by Crippen LogP contribution is -2.37. The summed E-state index contributed by atoms with van der Waals surface area (Å²) in [6, 6.07) is 4.42. The predicted molar refractivity (Wildman–Crippen MR) is 81.9 cm³/mol. The number of hydrogen-bond acceptors (Lipinski definition) is 1. The number of H-pyrrole nitrogens is 1. The highest BCUT2D eigenvalue weighted by Gasteiger charge is 2.33. The molecule has 0 amide bonds. The first-order chi connectivity index (χ1) is 9.16. The zero-order valence-corrected chi connectivity index (χ0v) is 12.2. The SMILES string of the molecule is Cc1c[nH]c2c(Cl)cc(C3(CN)CCCCC3)cc12. The zero-order chi connectivity index (χ0) is 13.5. The summed E-state index contributed by atoms with van der Waals surface area (Å²) in [5, 5.41) is 2.06. The third kappa shape index (κ3) is 2.07. The Morgan fingerprint density at radius 3 is 2.68 bits per heavy atom. The molecule has 0 spiro atoms. The van der Waals surface area contributed by atoms with E-state index in [1.54, 1.807) is 0 Å². The molecule has 0 atom stereocenters. The maximum absolute atomic E-state index is 6.44. The Morgan fingerprint density at radius 2 is 2.00 bits per heavy atom. The maximum Gasteiger partial charge on any atom is 0.0650 e. The molecule has 3 N–H and O–H groups in total. The second kappa shape index (κ2) is 4.84. The van der Waals surface area contributed by atoms with E-state index < -0.39 is 0 Å². The summed E-state index contributed by atoms with van der Waals surface area (Å²) in [6.45, 7) is 2.84. The van der Waals surface area contributed by atoms with Crippen molar-refractivity contribution < 1.29 is 0 Å². The first-order valence-electron chi connectivity index (χ1n) is 7.14. The van der Waals surface area contributed by atoms with Crippen molar-refractivity contribution in [1.82, 2.24) is 4.98 Å². The van der Waals surface area contributed by atoms with Gasteiger partial charge < -0.3 is 10.7 Å². The number of aromatic amines is 1. The highest BCUT2D eigenvalue weighted by molar-refractivity contribution is 6.35. The van der Waals surface area contributed by atoms with Gasteiger partial charge in [0.1, 0.15) is 0 Å². The molecule has 0 radical (unpaired) electrons. The Morgan fingerprint density at radius 1 is 1.26 bits per heavy atom. The van der Waals surface area contributed by atoms with Crippen LogP contribution in [-0.4, -0.2) is 11.5 Å². The van der Waals surface area contributed by atoms with Gasteiger partial charge in [0.15, 0.2) is 0 Å². The lowest BCUT2D eigenvalue weighted by atomic mass is 9.69. The van der Waals surface area contributed by atoms with Crippen molar-refractivity contribution in [3.05, 3.63) is 34.5 Å². The predicted octanol–water partition coefficient (Wildman–Crippen LogP) is 4.29. The second-order valence-corrected chi connectivity index (χ2v) is 6.30. The zero-order valence-electron chi connectivity index (χ0n) is 11.4. The molecule has 1 aliphatic rings. The van der Waals surface area contributed by atoms with E-state index in [9.17, 15) is 0 Å². The van der Waals surface area contributed by atoms with Gasteiger partial charge in [-0.3, -0.25) is 0 Å². The standard InChI is InChI=1S/C16H21ClN2/c1-11-9-19-15-13(11)7-12(8-14(15)17)16(10-18)5-3-2-4-6-16/h7-9,19H,2-6,10,18H2,1H3. The molecule has 1 aliphatic carbocycles. The van der Waals surface area contributed by atoms with E-state index in [4.69, 9.17) is 17.3 Å². The van der Waals surface area contributed by atoms with Crippen LogP contribution in [0.4, 0.5) is 0 Å². The average Bonchev–Trinajstić information content (AvgIpc) is 2.82. The van der Waals surface area contributed by atoms with Gasteiger partial charge in [-0.15, -0.1) is 0 Å². The molecule has 3 heteroatoms. The number of hydrogen-bond donors (Lipinski definition) is 2. The first-order valence-corrected chi connectivity index (χ1v) is 7.52. The Labute approximate surface area is 119 Å². The third-order valence-electron chi connectivity index (χ3n) is 4.76. The second-order valence-electron chi connectivity index (χ2n) is 5.90. The van der Waals surface area contributed by atoms with Crippen LogP contribution in [0.2, 0.25) is 5.02 Å². The van der Waals surface area contributed by atoms with Gasteiger partial charge in [-0.1, -0.05) is 30.9 Å². The molecule has 1 saturated carbocycles. The van der Waals surface area contributed by atoms with Crippen LogP contribution in [0.1, 0.15) is 43.2 Å². The minimum absolute atomic E-state index is 0.139. The molecule has 19 heavy (non-hydrogen) atoms. The number of rotatable bonds is 2. The average molecular weight is 277 g/mol. The number of aryl methyl sites for hydroxylation is 1. The summed E-state index contributed by atoms with van der Waals surface area (Å²) >= 11 is 6.44. The van der Waals surface area contributed by atoms with Gasteiger partial charge in [-0.05, 0) is 43.0 Å². The molecular weight excluding hydrogens is 256 g/mol. The third-order valence-corrected chi connectivity index (χ3v) is 5.06. The minimum atomic E-state index is 0.139. The van der Waals surface area contributed by atoms with E-state index >= 15 is 0 Å². The molecule has 2 nitrogen and oxygen atoms in total. The summed E-state index contributed by atoms with van der Waals surface area (Å²) in [4.78, 5) is 3.25. The number of aromatic nitrogens is 1. The van der Waals surface area contributed by atoms with Crippen molar-refractivity contribution in [1.29, 1.82) is 0 Å². The summed E-state index contributed by atoms with van der Waals surface area (Å²) in [6.07, 6.45) is 8.29. The van der Waals surface area contributed by atoms with Crippen LogP contribution in [0.25, 0.3) is 10.9 Å². The van der Waals surface area contributed by atoms with Crippen LogP contribution in [-0.2, 0) is 5.41 Å². The van der Waals surface area contributed by atoms with Gasteiger partial charge in [-0.25, -0.2) is 0 Å². The van der Waals surface area contributed by atoms with Crippen LogP contribution in [0.3, 0.4) is 0 Å². The number of nitrogens with one attached hydrogen (secondary N) is 1. The van der Waals surface area contributed by atoms with Gasteiger partial charge >= 0.3 is 0 Å². The van der Waals surface area contributed by atoms with Crippen LogP contribution in [0, 0.1) is 6.92 Å². The maximum atomic E-state index is 6.44. The number of nitrogens with two attached hydrogens (primary N) is 1. The number of benzene rings is 1. The van der Waals surface area contributed by atoms with E-state index in [-0.39, 0.29) is 5.41 Å². The van der Waals surface area contributed by atoms with Crippen molar-refractivity contribution in [3.8, 4) is 0 Å². The van der Waals surface area contributed by atoms with Gasteiger partial charge in [0.25, 0.3) is 0 Å². The number of fused-ring (bicyclic) bond motifs is 1. The fraction of sp³-hybridized carbons (Fsp3) is 0.500. The lowest BCUT2D eigenvalue weighted by Gasteiger charge is -2.37. The van der Waals surface area contributed by atoms with Crippen LogP contribution < -0.4 is 5.73 Å². The molecule has 0 aliphatic heterocycles. The highest BCUT2D eigenvalue weighted by atomic mass is 35.5. The topological polar surface area (TPSA) is 41.8 Å². The van der Waals surface area contributed by atoms with Crippen molar-refractivity contribution in [2.24, 2.45) is 5.73 Å². The normalized spacial score (nSPS) is 18.9. The molecule has 1 heterocycles. The largest absolute Gasteiger partial charge is 0.360 e. The Hall–Kier alpha value is -0.990. The van der Waals surface area contributed by atoms with Gasteiger partial charge in [0.05, 0.1) is 10.5 Å². The quantitative estimate of drug-likeness (QED) is 0.844. The molecular formula is C16H21ClN2. The summed E-state index contributed by atoms with van der Waals surface area (Å²) in [5.74, 6) is 0. The van der Waals surface area contributed by atoms with Gasteiger partial charge in [0.2, 0.25) is 0 Å². The molecule has 2 aromatic rings. The fourth-order valence-corrected chi connectivity index (χ4v) is 3.74. The molecule has 0 bridgehead atoms. The first kappa shape index (κ1) is 13.0. The summed E-state index contributed by atoms with van der Waals surface area (Å²) < 4.78 is 0. The summed E-state index contributed by atoms with van der Waals surface area (Å²) in [7, 11) is 0. The van der Waals surface area contributed by atoms with Crippen molar-refractivity contribution in [3.63, 3.8) is 0 Å². The lowest BCUT2D eigenvalue weighted by molar-refractivity contribution is 0.301. The number of halogens is 1. The monoisotopic (exact) mass is 276 g/mol. The Balaban J connectivity index is 2.15. The van der Waals surface area contributed by atoms with E-state index in [0.717, 1.165) is 17.1 Å². The highest BCUT2D eigenvalue weighted by Crippen LogP contribution is 2.41. The van der Waals surface area contributed by atoms with E-state index in [1.807, 2.05) is 6.20 Å². The van der Waals surface area contributed by atoms with Gasteiger partial charge in [-0.2, -0.15) is 0 Å². The molecule has 1 aromatic heterocycles. The van der Waals surface area contributed by atoms with E-state index in [0.29, 0.717) is 0 Å². The Kier molecular flexibility index (Phi) is 3.32. The molecule has 0 saturated heterocycles. The van der Waals surface area contributed by atoms with Crippen LogP contribution in [0.5, 0.6) is 0 Å². The van der Waals surface area contributed by atoms with E-state index in [2.05, 4.69) is 24.0 Å². The molecule has 1 fully saturated rings. The molecule has 0 unspecified atom stereocenters. The van der Waals surface area contributed by atoms with Crippen molar-refractivity contribution >= 4 is 22.5 Å². The van der Waals surface area contributed by atoms with Crippen LogP contribution >= 0.6 is 11.6 Å². The van der Waals surface area contributed by atoms with E-state index in [1.165, 1.54) is 48.6 Å². The molecule has 1 aromatic carbocycles. The molecule has 3 rings (SSSR count). The Bertz CT molecular complexity index is 594. The smallest absolute Gasteiger partial charge is 0.0650 e. The van der Waals surface area contributed by atoms with Crippen molar-refractivity contribution in [2.45, 2.75) is 44.4 Å². The minimum Gasteiger partial charge on any atom is -0.360 e. The van der Waals surface area contributed by atoms with Crippen LogP contribution in [0.15, 0.2) is 18.3 Å². The van der Waals surface area contributed by atoms with Gasteiger partial charge in [0, 0.05) is 23.5 Å². The van der Waals surface area contributed by atoms with Crippen molar-refractivity contribution in [2.75, 3.05) is 6.54 Å². The molecule has 102 valence electrons. The summed E-state index contributed by atoms with van der Waals surface area (Å²) in [5.41, 5.74) is 9.89. The fourth-order valence-electron chi connectivity index (χ4n) is 3.47.